The lowest BCUT2D eigenvalue weighted by atomic mass is 9.93. The van der Waals surface area contributed by atoms with Crippen molar-refractivity contribution in [3.63, 3.8) is 0 Å². The molecule has 0 fully saturated rings. The van der Waals surface area contributed by atoms with E-state index in [4.69, 9.17) is 5.11 Å². The highest BCUT2D eigenvalue weighted by molar-refractivity contribution is 5.77. The van der Waals surface area contributed by atoms with Crippen LogP contribution in [0.3, 0.4) is 0 Å². The minimum Gasteiger partial charge on any atom is -0.387 e. The second kappa shape index (κ2) is 6.02. The summed E-state index contributed by atoms with van der Waals surface area (Å²) >= 11 is 0. The predicted molar refractivity (Wildman–Crippen MR) is 57.9 cm³/mol. The number of hydrogen-bond acceptors (Lipinski definition) is 2. The molecular weight excluding hydrogens is 178 g/mol. The largest absolute Gasteiger partial charge is 0.387 e. The van der Waals surface area contributed by atoms with Crippen LogP contribution < -0.4 is 0 Å². The molecule has 0 saturated heterocycles. The predicted octanol–water partition coefficient (Wildman–Crippen LogP) is 1.51. The molecule has 3 nitrogen and oxygen atoms in total. The standard InChI is InChI=1S/C11H23NO2/c1-8(2)6-10(9(3)4)12(5)11(14)7-13/h8-10,13H,6-7H2,1-5H3. The molecule has 0 radical (unpaired) electrons. The quantitative estimate of drug-likeness (QED) is 0.732. The van der Waals surface area contributed by atoms with Crippen LogP contribution in [-0.2, 0) is 4.79 Å². The summed E-state index contributed by atoms with van der Waals surface area (Å²) in [4.78, 5) is 13.0. The number of aliphatic hydroxyl groups is 1. The zero-order valence-electron chi connectivity index (χ0n) is 9.95. The summed E-state index contributed by atoms with van der Waals surface area (Å²) in [6, 6.07) is 0.231. The number of aliphatic hydroxyl groups excluding tert-OH is 1. The molecule has 84 valence electrons. The second-order valence-corrected chi connectivity index (χ2v) is 4.60. The van der Waals surface area contributed by atoms with E-state index in [-0.39, 0.29) is 11.9 Å². The number of likely N-dealkylation sites (N-methyl/N-ethyl adjacent to an activating group) is 1. The summed E-state index contributed by atoms with van der Waals surface area (Å²) in [6.45, 7) is 8.11. The summed E-state index contributed by atoms with van der Waals surface area (Å²) in [5.41, 5.74) is 0. The van der Waals surface area contributed by atoms with Gasteiger partial charge < -0.3 is 10.0 Å². The molecule has 0 rings (SSSR count). The molecule has 0 aromatic rings. The van der Waals surface area contributed by atoms with E-state index in [0.29, 0.717) is 11.8 Å². The van der Waals surface area contributed by atoms with Gasteiger partial charge in [-0.3, -0.25) is 4.79 Å². The average molecular weight is 201 g/mol. The third-order valence-electron chi connectivity index (χ3n) is 2.51. The lowest BCUT2D eigenvalue weighted by molar-refractivity contribution is -0.136. The monoisotopic (exact) mass is 201 g/mol. The first-order chi connectivity index (χ1) is 6.40. The molecule has 0 aliphatic rings. The van der Waals surface area contributed by atoms with Gasteiger partial charge in [-0.05, 0) is 18.3 Å². The van der Waals surface area contributed by atoms with Gasteiger partial charge in [0.05, 0.1) is 0 Å². The fraction of sp³-hybridized carbons (Fsp3) is 0.909. The van der Waals surface area contributed by atoms with E-state index in [0.717, 1.165) is 6.42 Å². The molecule has 0 aliphatic heterocycles. The molecule has 14 heavy (non-hydrogen) atoms. The number of amides is 1. The van der Waals surface area contributed by atoms with Crippen molar-refractivity contribution in [3.05, 3.63) is 0 Å². The molecular formula is C11H23NO2. The Morgan fingerprint density at radius 1 is 1.29 bits per heavy atom. The Balaban J connectivity index is 4.40. The molecule has 1 N–H and O–H groups in total. The summed E-state index contributed by atoms with van der Waals surface area (Å²) < 4.78 is 0. The zero-order chi connectivity index (χ0) is 11.3. The van der Waals surface area contributed by atoms with Crippen LogP contribution in [0.4, 0.5) is 0 Å². The van der Waals surface area contributed by atoms with Crippen molar-refractivity contribution >= 4 is 5.91 Å². The molecule has 1 unspecified atom stereocenters. The Morgan fingerprint density at radius 3 is 2.07 bits per heavy atom. The van der Waals surface area contributed by atoms with Crippen molar-refractivity contribution in [1.29, 1.82) is 0 Å². The van der Waals surface area contributed by atoms with Crippen LogP contribution in [0.2, 0.25) is 0 Å². The van der Waals surface area contributed by atoms with Crippen LogP contribution in [0.25, 0.3) is 0 Å². The normalized spacial score (nSPS) is 13.4. The van der Waals surface area contributed by atoms with Gasteiger partial charge in [0, 0.05) is 13.1 Å². The van der Waals surface area contributed by atoms with E-state index in [9.17, 15) is 4.79 Å². The van der Waals surface area contributed by atoms with Gasteiger partial charge in [-0.1, -0.05) is 27.7 Å². The van der Waals surface area contributed by atoms with Gasteiger partial charge >= 0.3 is 0 Å². The van der Waals surface area contributed by atoms with Gasteiger partial charge in [0.15, 0.2) is 0 Å². The van der Waals surface area contributed by atoms with E-state index in [1.807, 2.05) is 0 Å². The number of carbonyl (C=O) groups excluding carboxylic acids is 1. The Hall–Kier alpha value is -0.570. The Labute approximate surface area is 87.1 Å². The highest BCUT2D eigenvalue weighted by atomic mass is 16.3. The SMILES string of the molecule is CC(C)CC(C(C)C)N(C)C(=O)CO. The first-order valence-corrected chi connectivity index (χ1v) is 5.26. The highest BCUT2D eigenvalue weighted by Gasteiger charge is 2.22. The van der Waals surface area contributed by atoms with Crippen molar-refractivity contribution in [2.75, 3.05) is 13.7 Å². The van der Waals surface area contributed by atoms with Crippen molar-refractivity contribution in [1.82, 2.24) is 4.90 Å². The van der Waals surface area contributed by atoms with Gasteiger partial charge in [-0.25, -0.2) is 0 Å². The molecule has 0 aromatic heterocycles. The Morgan fingerprint density at radius 2 is 1.79 bits per heavy atom. The Bertz CT molecular complexity index is 178. The molecule has 0 spiro atoms. The first kappa shape index (κ1) is 13.4. The summed E-state index contributed by atoms with van der Waals surface area (Å²) in [5, 5.41) is 8.78. The molecule has 0 aromatic carbocycles. The smallest absolute Gasteiger partial charge is 0.248 e. The fourth-order valence-corrected chi connectivity index (χ4v) is 1.66. The molecule has 0 heterocycles. The maximum absolute atomic E-state index is 11.3. The fourth-order valence-electron chi connectivity index (χ4n) is 1.66. The summed E-state index contributed by atoms with van der Waals surface area (Å²) in [6.07, 6.45) is 0.986. The van der Waals surface area contributed by atoms with Gasteiger partial charge in [-0.15, -0.1) is 0 Å². The van der Waals surface area contributed by atoms with E-state index >= 15 is 0 Å². The van der Waals surface area contributed by atoms with Gasteiger partial charge in [0.25, 0.3) is 0 Å². The minimum atomic E-state index is -0.391. The zero-order valence-corrected chi connectivity index (χ0v) is 9.95. The lowest BCUT2D eigenvalue weighted by Gasteiger charge is -2.32. The third kappa shape index (κ3) is 4.09. The number of rotatable bonds is 5. The van der Waals surface area contributed by atoms with E-state index < -0.39 is 6.61 Å². The van der Waals surface area contributed by atoms with Crippen LogP contribution in [0.5, 0.6) is 0 Å². The van der Waals surface area contributed by atoms with Crippen molar-refractivity contribution in [2.24, 2.45) is 11.8 Å². The van der Waals surface area contributed by atoms with Crippen LogP contribution in [0.15, 0.2) is 0 Å². The number of nitrogens with zero attached hydrogens (tertiary/aromatic N) is 1. The van der Waals surface area contributed by atoms with E-state index in [1.165, 1.54) is 0 Å². The van der Waals surface area contributed by atoms with Crippen molar-refractivity contribution < 1.29 is 9.90 Å². The molecule has 0 saturated carbocycles. The van der Waals surface area contributed by atoms with Gasteiger partial charge in [0.1, 0.15) is 6.61 Å². The molecule has 1 amide bonds. The maximum Gasteiger partial charge on any atom is 0.248 e. The lowest BCUT2D eigenvalue weighted by Crippen LogP contribution is -2.42. The van der Waals surface area contributed by atoms with Crippen molar-refractivity contribution in [3.8, 4) is 0 Å². The molecule has 1 atom stereocenters. The minimum absolute atomic E-state index is 0.190. The third-order valence-corrected chi connectivity index (χ3v) is 2.51. The second-order valence-electron chi connectivity index (χ2n) is 4.60. The van der Waals surface area contributed by atoms with Crippen LogP contribution in [0.1, 0.15) is 34.1 Å². The maximum atomic E-state index is 11.3. The number of carbonyl (C=O) groups is 1. The molecule has 0 aliphatic carbocycles. The topological polar surface area (TPSA) is 40.5 Å². The summed E-state index contributed by atoms with van der Waals surface area (Å²) in [5.74, 6) is 0.804. The molecule has 0 bridgehead atoms. The molecule has 3 heteroatoms. The van der Waals surface area contributed by atoms with Gasteiger partial charge in [-0.2, -0.15) is 0 Å². The Kier molecular flexibility index (Phi) is 5.77. The van der Waals surface area contributed by atoms with Crippen LogP contribution >= 0.6 is 0 Å². The van der Waals surface area contributed by atoms with Crippen LogP contribution in [0, 0.1) is 11.8 Å². The van der Waals surface area contributed by atoms with Crippen molar-refractivity contribution in [2.45, 2.75) is 40.2 Å². The average Bonchev–Trinajstić information content (AvgIpc) is 2.11. The van der Waals surface area contributed by atoms with Crippen LogP contribution in [-0.4, -0.2) is 35.6 Å². The number of hydrogen-bond donors (Lipinski definition) is 1. The first-order valence-electron chi connectivity index (χ1n) is 5.26. The highest BCUT2D eigenvalue weighted by Crippen LogP contribution is 2.17. The van der Waals surface area contributed by atoms with E-state index in [2.05, 4.69) is 27.7 Å². The van der Waals surface area contributed by atoms with Gasteiger partial charge in [0.2, 0.25) is 5.91 Å². The van der Waals surface area contributed by atoms with E-state index in [1.54, 1.807) is 11.9 Å². The summed E-state index contributed by atoms with van der Waals surface area (Å²) in [7, 11) is 1.77.